The van der Waals surface area contributed by atoms with Gasteiger partial charge in [0.2, 0.25) is 0 Å². The van der Waals surface area contributed by atoms with Gasteiger partial charge in [0.05, 0.1) is 6.42 Å². The SMILES string of the molecule is C=CCC[C@H]1CC(=O)Oc2ccccc21. The first-order chi connectivity index (χ1) is 7.31. The highest BCUT2D eigenvalue weighted by Crippen LogP contribution is 2.36. The molecule has 0 saturated carbocycles. The molecule has 0 bridgehead atoms. The van der Waals surface area contributed by atoms with Gasteiger partial charge in [0.15, 0.2) is 0 Å². The van der Waals surface area contributed by atoms with Crippen molar-refractivity contribution < 1.29 is 9.53 Å². The molecule has 0 N–H and O–H groups in total. The Morgan fingerprint density at radius 2 is 2.27 bits per heavy atom. The molecule has 2 heteroatoms. The normalized spacial score (nSPS) is 19.2. The van der Waals surface area contributed by atoms with Gasteiger partial charge >= 0.3 is 5.97 Å². The lowest BCUT2D eigenvalue weighted by Gasteiger charge is -2.23. The lowest BCUT2D eigenvalue weighted by atomic mass is 9.89. The van der Waals surface area contributed by atoms with Crippen LogP contribution in [-0.4, -0.2) is 5.97 Å². The van der Waals surface area contributed by atoms with E-state index in [4.69, 9.17) is 4.74 Å². The van der Waals surface area contributed by atoms with Crippen LogP contribution in [0.5, 0.6) is 5.75 Å². The van der Waals surface area contributed by atoms with Crippen molar-refractivity contribution in [2.75, 3.05) is 0 Å². The van der Waals surface area contributed by atoms with Crippen LogP contribution < -0.4 is 4.74 Å². The molecule has 1 aliphatic heterocycles. The first-order valence-electron chi connectivity index (χ1n) is 5.21. The predicted molar refractivity (Wildman–Crippen MR) is 58.9 cm³/mol. The lowest BCUT2D eigenvalue weighted by Crippen LogP contribution is -2.20. The van der Waals surface area contributed by atoms with E-state index in [1.807, 2.05) is 30.3 Å². The Morgan fingerprint density at radius 3 is 3.07 bits per heavy atom. The maximum atomic E-state index is 11.4. The largest absolute Gasteiger partial charge is 0.426 e. The highest BCUT2D eigenvalue weighted by molar-refractivity contribution is 5.76. The van der Waals surface area contributed by atoms with E-state index >= 15 is 0 Å². The molecule has 1 aliphatic rings. The van der Waals surface area contributed by atoms with Gasteiger partial charge in [-0.15, -0.1) is 6.58 Å². The summed E-state index contributed by atoms with van der Waals surface area (Å²) < 4.78 is 5.18. The second-order valence-corrected chi connectivity index (χ2v) is 3.78. The van der Waals surface area contributed by atoms with Crippen LogP contribution in [0, 0.1) is 0 Å². The summed E-state index contributed by atoms with van der Waals surface area (Å²) in [5, 5.41) is 0. The van der Waals surface area contributed by atoms with Crippen LogP contribution >= 0.6 is 0 Å². The number of benzene rings is 1. The summed E-state index contributed by atoms with van der Waals surface area (Å²) in [7, 11) is 0. The minimum Gasteiger partial charge on any atom is -0.426 e. The zero-order valence-corrected chi connectivity index (χ0v) is 8.61. The predicted octanol–water partition coefficient (Wildman–Crippen LogP) is 3.05. The Labute approximate surface area is 89.6 Å². The van der Waals surface area contributed by atoms with Gasteiger partial charge in [-0.2, -0.15) is 0 Å². The Bertz CT molecular complexity index is 382. The van der Waals surface area contributed by atoms with Gasteiger partial charge in [0.1, 0.15) is 5.75 Å². The van der Waals surface area contributed by atoms with E-state index in [0.29, 0.717) is 12.3 Å². The standard InChI is InChI=1S/C13H14O2/c1-2-3-6-10-9-13(14)15-12-8-5-4-7-11(10)12/h2,4-5,7-8,10H,1,3,6,9H2/t10-/m0/s1. The van der Waals surface area contributed by atoms with Crippen molar-refractivity contribution in [1.29, 1.82) is 0 Å². The Hall–Kier alpha value is -1.57. The van der Waals surface area contributed by atoms with Crippen LogP contribution in [0.3, 0.4) is 0 Å². The summed E-state index contributed by atoms with van der Waals surface area (Å²) in [6, 6.07) is 7.77. The molecule has 0 aliphatic carbocycles. The molecule has 0 fully saturated rings. The minimum atomic E-state index is -0.122. The maximum Gasteiger partial charge on any atom is 0.311 e. The van der Waals surface area contributed by atoms with Gasteiger partial charge < -0.3 is 4.74 Å². The van der Waals surface area contributed by atoms with Crippen molar-refractivity contribution in [3.05, 3.63) is 42.5 Å². The van der Waals surface area contributed by atoms with Crippen LogP contribution in [0.2, 0.25) is 0 Å². The Kier molecular flexibility index (Phi) is 2.86. The summed E-state index contributed by atoms with van der Waals surface area (Å²) in [6.45, 7) is 3.70. The molecule has 0 amide bonds. The fourth-order valence-corrected chi connectivity index (χ4v) is 1.96. The topological polar surface area (TPSA) is 26.3 Å². The fourth-order valence-electron chi connectivity index (χ4n) is 1.96. The average Bonchev–Trinajstić information content (AvgIpc) is 2.25. The van der Waals surface area contributed by atoms with Gasteiger partial charge in [0.25, 0.3) is 0 Å². The third-order valence-electron chi connectivity index (χ3n) is 2.71. The van der Waals surface area contributed by atoms with E-state index in [-0.39, 0.29) is 5.97 Å². The van der Waals surface area contributed by atoms with Crippen LogP contribution in [0.1, 0.15) is 30.7 Å². The molecule has 1 aromatic rings. The van der Waals surface area contributed by atoms with Crippen LogP contribution in [0.25, 0.3) is 0 Å². The number of fused-ring (bicyclic) bond motifs is 1. The Balaban J connectivity index is 2.25. The molecule has 1 atom stereocenters. The zero-order chi connectivity index (χ0) is 10.7. The fraction of sp³-hybridized carbons (Fsp3) is 0.308. The second kappa shape index (κ2) is 4.30. The number of allylic oxidation sites excluding steroid dienone is 1. The number of para-hydroxylation sites is 1. The van der Waals surface area contributed by atoms with E-state index in [1.165, 1.54) is 0 Å². The maximum absolute atomic E-state index is 11.4. The van der Waals surface area contributed by atoms with Gasteiger partial charge in [0, 0.05) is 0 Å². The first kappa shape index (κ1) is 9.97. The monoisotopic (exact) mass is 202 g/mol. The summed E-state index contributed by atoms with van der Waals surface area (Å²) in [4.78, 5) is 11.4. The summed E-state index contributed by atoms with van der Waals surface area (Å²) in [5.74, 6) is 0.894. The molecule has 0 saturated heterocycles. The molecule has 0 spiro atoms. The third-order valence-corrected chi connectivity index (χ3v) is 2.71. The van der Waals surface area contributed by atoms with Crippen LogP contribution in [0.4, 0.5) is 0 Å². The second-order valence-electron chi connectivity index (χ2n) is 3.78. The smallest absolute Gasteiger partial charge is 0.311 e. The van der Waals surface area contributed by atoms with Gasteiger partial charge in [-0.05, 0) is 30.4 Å². The van der Waals surface area contributed by atoms with E-state index < -0.39 is 0 Å². The molecule has 2 rings (SSSR count). The molecule has 0 unspecified atom stereocenters. The number of carbonyl (C=O) groups excluding carboxylic acids is 1. The summed E-state index contributed by atoms with van der Waals surface area (Å²) in [6.07, 6.45) is 4.29. The summed E-state index contributed by atoms with van der Waals surface area (Å²) >= 11 is 0. The molecule has 1 aromatic carbocycles. The molecule has 2 nitrogen and oxygen atoms in total. The van der Waals surface area contributed by atoms with Crippen LogP contribution in [-0.2, 0) is 4.79 Å². The van der Waals surface area contributed by atoms with Crippen molar-refractivity contribution in [3.8, 4) is 5.75 Å². The van der Waals surface area contributed by atoms with Crippen molar-refractivity contribution in [1.82, 2.24) is 0 Å². The molecular weight excluding hydrogens is 188 g/mol. The van der Waals surface area contributed by atoms with Crippen LogP contribution in [0.15, 0.2) is 36.9 Å². The summed E-state index contributed by atoms with van der Waals surface area (Å²) in [5.41, 5.74) is 1.15. The average molecular weight is 202 g/mol. The van der Waals surface area contributed by atoms with Gasteiger partial charge in [-0.25, -0.2) is 0 Å². The van der Waals surface area contributed by atoms with Crippen molar-refractivity contribution in [2.24, 2.45) is 0 Å². The quantitative estimate of drug-likeness (QED) is 0.428. The first-order valence-corrected chi connectivity index (χ1v) is 5.21. The zero-order valence-electron chi connectivity index (χ0n) is 8.61. The number of rotatable bonds is 3. The lowest BCUT2D eigenvalue weighted by molar-refractivity contribution is -0.135. The minimum absolute atomic E-state index is 0.122. The van der Waals surface area contributed by atoms with E-state index in [1.54, 1.807) is 0 Å². The van der Waals surface area contributed by atoms with Crippen molar-refractivity contribution >= 4 is 5.97 Å². The molecule has 1 heterocycles. The van der Waals surface area contributed by atoms with Crippen molar-refractivity contribution in [3.63, 3.8) is 0 Å². The number of carbonyl (C=O) groups is 1. The molecular formula is C13H14O2. The highest BCUT2D eigenvalue weighted by atomic mass is 16.5. The number of hydrogen-bond donors (Lipinski definition) is 0. The number of ether oxygens (including phenoxy) is 1. The number of esters is 1. The highest BCUT2D eigenvalue weighted by Gasteiger charge is 2.25. The molecule has 15 heavy (non-hydrogen) atoms. The van der Waals surface area contributed by atoms with Gasteiger partial charge in [-0.3, -0.25) is 4.79 Å². The molecule has 0 radical (unpaired) electrons. The van der Waals surface area contributed by atoms with E-state index in [0.717, 1.165) is 24.2 Å². The van der Waals surface area contributed by atoms with E-state index in [2.05, 4.69) is 6.58 Å². The van der Waals surface area contributed by atoms with E-state index in [9.17, 15) is 4.79 Å². The molecule has 78 valence electrons. The number of hydrogen-bond acceptors (Lipinski definition) is 2. The van der Waals surface area contributed by atoms with Gasteiger partial charge in [-0.1, -0.05) is 24.3 Å². The molecule has 0 aromatic heterocycles. The third kappa shape index (κ3) is 2.09. The Morgan fingerprint density at radius 1 is 1.47 bits per heavy atom. The van der Waals surface area contributed by atoms with Crippen molar-refractivity contribution in [2.45, 2.75) is 25.2 Å².